The topological polar surface area (TPSA) is 47.9 Å². The molecule has 156 valence electrons. The van der Waals surface area contributed by atoms with E-state index < -0.39 is 0 Å². The van der Waals surface area contributed by atoms with Crippen molar-refractivity contribution in [3.8, 4) is 39.9 Å². The smallest absolute Gasteiger partial charge is 0.164 e. The summed E-state index contributed by atoms with van der Waals surface area (Å²) in [6.07, 6.45) is 4.79. The fourth-order valence-corrected chi connectivity index (χ4v) is 3.36. The third kappa shape index (κ3) is 5.54. The lowest BCUT2D eigenvalue weighted by Crippen LogP contribution is -2.00. The number of unbranched alkanes of at least 4 members (excludes halogenated alkanes) is 3. The van der Waals surface area contributed by atoms with Crippen molar-refractivity contribution >= 4 is 0 Å². The van der Waals surface area contributed by atoms with E-state index in [1.54, 1.807) is 0 Å². The van der Waals surface area contributed by atoms with Gasteiger partial charge < -0.3 is 4.74 Å². The van der Waals surface area contributed by atoms with Gasteiger partial charge in [-0.15, -0.1) is 0 Å². The van der Waals surface area contributed by atoms with Gasteiger partial charge in [-0.3, -0.25) is 0 Å². The molecule has 0 saturated heterocycles. The second-order valence-corrected chi connectivity index (χ2v) is 7.47. The molecule has 4 aromatic rings. The average molecular weight is 410 g/mol. The lowest BCUT2D eigenvalue weighted by atomic mass is 10.1. The SMILES string of the molecule is CCCCCCOc1ccc(-c2nc(-c3ccccc3)nc(-c3ccccc3)n2)cc1. The van der Waals surface area contributed by atoms with E-state index in [0.29, 0.717) is 17.5 Å². The van der Waals surface area contributed by atoms with Crippen LogP contribution in [0.5, 0.6) is 5.75 Å². The lowest BCUT2D eigenvalue weighted by Gasteiger charge is -2.09. The first kappa shape index (κ1) is 20.7. The van der Waals surface area contributed by atoms with E-state index in [9.17, 15) is 0 Å². The Kier molecular flexibility index (Phi) is 7.01. The highest BCUT2D eigenvalue weighted by molar-refractivity contribution is 5.66. The first-order valence-electron chi connectivity index (χ1n) is 10.9. The molecule has 0 aliphatic carbocycles. The highest BCUT2D eigenvalue weighted by Crippen LogP contribution is 2.25. The lowest BCUT2D eigenvalue weighted by molar-refractivity contribution is 0.305. The Morgan fingerprint density at radius 1 is 0.548 bits per heavy atom. The molecule has 4 nitrogen and oxygen atoms in total. The van der Waals surface area contributed by atoms with Crippen LogP contribution in [0.3, 0.4) is 0 Å². The molecule has 0 aliphatic heterocycles. The highest BCUT2D eigenvalue weighted by Gasteiger charge is 2.12. The summed E-state index contributed by atoms with van der Waals surface area (Å²) < 4.78 is 5.88. The standard InChI is InChI=1S/C27H27N3O/c1-2-3-4-11-20-31-24-18-16-23(17-19-24)27-29-25(21-12-7-5-8-13-21)28-26(30-27)22-14-9-6-10-15-22/h5-10,12-19H,2-4,11,20H2,1H3. The quantitative estimate of drug-likeness (QED) is 0.284. The number of aromatic nitrogens is 3. The molecule has 4 rings (SSSR count). The van der Waals surface area contributed by atoms with Gasteiger partial charge in [0.15, 0.2) is 17.5 Å². The molecule has 0 saturated carbocycles. The molecular formula is C27H27N3O. The molecular weight excluding hydrogens is 382 g/mol. The fraction of sp³-hybridized carbons (Fsp3) is 0.222. The highest BCUT2D eigenvalue weighted by atomic mass is 16.5. The molecule has 0 unspecified atom stereocenters. The Morgan fingerprint density at radius 3 is 1.52 bits per heavy atom. The van der Waals surface area contributed by atoms with Crippen molar-refractivity contribution in [2.24, 2.45) is 0 Å². The van der Waals surface area contributed by atoms with Crippen LogP contribution in [0.25, 0.3) is 34.2 Å². The number of hydrogen-bond donors (Lipinski definition) is 0. The van der Waals surface area contributed by atoms with Crippen LogP contribution >= 0.6 is 0 Å². The van der Waals surface area contributed by atoms with Crippen molar-refractivity contribution in [3.05, 3.63) is 84.9 Å². The second kappa shape index (κ2) is 10.5. The van der Waals surface area contributed by atoms with Crippen molar-refractivity contribution in [1.29, 1.82) is 0 Å². The van der Waals surface area contributed by atoms with Gasteiger partial charge in [0.05, 0.1) is 6.61 Å². The van der Waals surface area contributed by atoms with E-state index in [-0.39, 0.29) is 0 Å². The maximum atomic E-state index is 5.88. The van der Waals surface area contributed by atoms with Crippen LogP contribution in [-0.4, -0.2) is 21.6 Å². The Morgan fingerprint density at radius 2 is 1.03 bits per heavy atom. The predicted octanol–water partition coefficient (Wildman–Crippen LogP) is 6.83. The summed E-state index contributed by atoms with van der Waals surface area (Å²) in [5.74, 6) is 2.87. The van der Waals surface area contributed by atoms with Crippen LogP contribution in [0.2, 0.25) is 0 Å². The van der Waals surface area contributed by atoms with Crippen LogP contribution in [0.15, 0.2) is 84.9 Å². The Hall–Kier alpha value is -3.53. The minimum atomic E-state index is 0.655. The number of ether oxygens (including phenoxy) is 1. The van der Waals surface area contributed by atoms with E-state index in [1.165, 1.54) is 19.3 Å². The monoisotopic (exact) mass is 409 g/mol. The molecule has 31 heavy (non-hydrogen) atoms. The molecule has 0 fully saturated rings. The summed E-state index contributed by atoms with van der Waals surface area (Å²) in [5.41, 5.74) is 2.88. The zero-order valence-corrected chi connectivity index (χ0v) is 17.9. The number of rotatable bonds is 9. The first-order chi connectivity index (χ1) is 15.3. The summed E-state index contributed by atoms with van der Waals surface area (Å²) in [5, 5.41) is 0. The van der Waals surface area contributed by atoms with Crippen molar-refractivity contribution in [2.45, 2.75) is 32.6 Å². The van der Waals surface area contributed by atoms with E-state index >= 15 is 0 Å². The minimum Gasteiger partial charge on any atom is -0.494 e. The van der Waals surface area contributed by atoms with Gasteiger partial charge >= 0.3 is 0 Å². The summed E-state index contributed by atoms with van der Waals surface area (Å²) in [7, 11) is 0. The van der Waals surface area contributed by atoms with E-state index in [2.05, 4.69) is 6.92 Å². The molecule has 0 bridgehead atoms. The zero-order valence-electron chi connectivity index (χ0n) is 17.9. The Bertz CT molecular complexity index is 1020. The zero-order chi connectivity index (χ0) is 21.3. The first-order valence-corrected chi connectivity index (χ1v) is 10.9. The molecule has 1 heterocycles. The van der Waals surface area contributed by atoms with Crippen LogP contribution in [0, 0.1) is 0 Å². The van der Waals surface area contributed by atoms with Crippen molar-refractivity contribution in [1.82, 2.24) is 15.0 Å². The third-order valence-electron chi connectivity index (χ3n) is 5.08. The summed E-state index contributed by atoms with van der Waals surface area (Å²) >= 11 is 0. The largest absolute Gasteiger partial charge is 0.494 e. The number of nitrogens with zero attached hydrogens (tertiary/aromatic N) is 3. The van der Waals surface area contributed by atoms with Crippen LogP contribution in [-0.2, 0) is 0 Å². The molecule has 3 aromatic carbocycles. The van der Waals surface area contributed by atoms with Crippen LogP contribution in [0.4, 0.5) is 0 Å². The molecule has 0 spiro atoms. The van der Waals surface area contributed by atoms with E-state index in [0.717, 1.165) is 35.5 Å². The van der Waals surface area contributed by atoms with E-state index in [1.807, 2.05) is 84.9 Å². The van der Waals surface area contributed by atoms with Gasteiger partial charge in [0, 0.05) is 16.7 Å². The minimum absolute atomic E-state index is 0.655. The van der Waals surface area contributed by atoms with Gasteiger partial charge in [-0.05, 0) is 30.7 Å². The molecule has 0 amide bonds. The molecule has 0 N–H and O–H groups in total. The fourth-order valence-electron chi connectivity index (χ4n) is 3.36. The summed E-state index contributed by atoms with van der Waals surface area (Å²) in [6.45, 7) is 2.97. The maximum absolute atomic E-state index is 5.88. The summed E-state index contributed by atoms with van der Waals surface area (Å²) in [4.78, 5) is 14.3. The van der Waals surface area contributed by atoms with Crippen molar-refractivity contribution in [2.75, 3.05) is 6.61 Å². The van der Waals surface area contributed by atoms with Crippen molar-refractivity contribution in [3.63, 3.8) is 0 Å². The molecule has 0 aliphatic rings. The Balaban J connectivity index is 1.61. The third-order valence-corrected chi connectivity index (χ3v) is 5.08. The van der Waals surface area contributed by atoms with Gasteiger partial charge in [-0.1, -0.05) is 86.8 Å². The maximum Gasteiger partial charge on any atom is 0.164 e. The Labute approximate surface area is 184 Å². The van der Waals surface area contributed by atoms with Gasteiger partial charge in [-0.2, -0.15) is 0 Å². The van der Waals surface area contributed by atoms with Gasteiger partial charge in [0.1, 0.15) is 5.75 Å². The van der Waals surface area contributed by atoms with Crippen LogP contribution in [0.1, 0.15) is 32.6 Å². The normalized spacial score (nSPS) is 10.7. The number of hydrogen-bond acceptors (Lipinski definition) is 4. The molecule has 0 atom stereocenters. The summed E-state index contributed by atoms with van der Waals surface area (Å²) in [6, 6.07) is 28.0. The predicted molar refractivity (Wildman–Crippen MR) is 126 cm³/mol. The van der Waals surface area contributed by atoms with Gasteiger partial charge in [0.25, 0.3) is 0 Å². The molecule has 0 radical (unpaired) electrons. The van der Waals surface area contributed by atoms with Gasteiger partial charge in [0.2, 0.25) is 0 Å². The molecule has 1 aromatic heterocycles. The number of benzene rings is 3. The van der Waals surface area contributed by atoms with E-state index in [4.69, 9.17) is 19.7 Å². The second-order valence-electron chi connectivity index (χ2n) is 7.47. The molecule has 4 heteroatoms. The van der Waals surface area contributed by atoms with Gasteiger partial charge in [-0.25, -0.2) is 15.0 Å². The average Bonchev–Trinajstić information content (AvgIpc) is 2.85. The van der Waals surface area contributed by atoms with Crippen molar-refractivity contribution < 1.29 is 4.74 Å². The van der Waals surface area contributed by atoms with Crippen LogP contribution < -0.4 is 4.74 Å².